The van der Waals surface area contributed by atoms with Crippen molar-refractivity contribution in [3.63, 3.8) is 0 Å². The van der Waals surface area contributed by atoms with E-state index in [0.29, 0.717) is 16.9 Å². The van der Waals surface area contributed by atoms with Crippen LogP contribution in [0.15, 0.2) is 34.9 Å². The first-order chi connectivity index (χ1) is 9.11. The molecule has 2 rings (SSSR count). The Labute approximate surface area is 119 Å². The van der Waals surface area contributed by atoms with Crippen molar-refractivity contribution < 1.29 is 4.39 Å². The Kier molecular flexibility index (Phi) is 4.13. The summed E-state index contributed by atoms with van der Waals surface area (Å²) in [5.74, 6) is 0.184. The number of nitriles is 1. The number of anilines is 1. The van der Waals surface area contributed by atoms with E-state index in [1.807, 2.05) is 6.92 Å². The summed E-state index contributed by atoms with van der Waals surface area (Å²) >= 11 is 3.30. The van der Waals surface area contributed by atoms with Gasteiger partial charge in [0.15, 0.2) is 0 Å². The van der Waals surface area contributed by atoms with Gasteiger partial charge in [-0.05, 0) is 36.8 Å². The standard InChI is InChI=1S/C14H11BrFN3/c1-9-4-5-18-14(12(9)7-17)19-8-10-6-11(15)2-3-13(10)16/h2-6H,8H2,1H3,(H,18,19). The first-order valence-electron chi connectivity index (χ1n) is 5.65. The number of hydrogen-bond donors (Lipinski definition) is 1. The molecule has 5 heteroatoms. The van der Waals surface area contributed by atoms with Crippen molar-refractivity contribution in [1.82, 2.24) is 4.98 Å². The minimum atomic E-state index is -0.290. The zero-order chi connectivity index (χ0) is 13.8. The highest BCUT2D eigenvalue weighted by Crippen LogP contribution is 2.19. The largest absolute Gasteiger partial charge is 0.365 e. The van der Waals surface area contributed by atoms with Gasteiger partial charge in [0.05, 0.1) is 5.56 Å². The summed E-state index contributed by atoms with van der Waals surface area (Å²) < 4.78 is 14.4. The lowest BCUT2D eigenvalue weighted by atomic mass is 10.1. The van der Waals surface area contributed by atoms with Crippen molar-refractivity contribution in [3.05, 3.63) is 57.4 Å². The molecule has 0 aliphatic heterocycles. The molecule has 0 bridgehead atoms. The molecular weight excluding hydrogens is 309 g/mol. The van der Waals surface area contributed by atoms with Crippen LogP contribution >= 0.6 is 15.9 Å². The summed E-state index contributed by atoms with van der Waals surface area (Å²) in [6.45, 7) is 2.11. The Morgan fingerprint density at radius 3 is 2.95 bits per heavy atom. The Hall–Kier alpha value is -1.93. The molecule has 0 aliphatic carbocycles. The zero-order valence-corrected chi connectivity index (χ0v) is 11.8. The number of benzene rings is 1. The Morgan fingerprint density at radius 1 is 1.42 bits per heavy atom. The summed E-state index contributed by atoms with van der Waals surface area (Å²) in [6.07, 6.45) is 1.62. The fourth-order valence-corrected chi connectivity index (χ4v) is 2.10. The van der Waals surface area contributed by atoms with Crippen LogP contribution in [0.4, 0.5) is 10.2 Å². The van der Waals surface area contributed by atoms with Crippen LogP contribution in [0.3, 0.4) is 0 Å². The Bertz CT molecular complexity index is 650. The molecule has 1 heterocycles. The summed E-state index contributed by atoms with van der Waals surface area (Å²) in [6, 6.07) is 8.61. The van der Waals surface area contributed by atoms with Crippen LogP contribution < -0.4 is 5.32 Å². The minimum absolute atomic E-state index is 0.274. The van der Waals surface area contributed by atoms with E-state index in [9.17, 15) is 4.39 Å². The number of nitrogens with one attached hydrogen (secondary N) is 1. The third-order valence-corrected chi connectivity index (χ3v) is 3.22. The molecule has 0 fully saturated rings. The van der Waals surface area contributed by atoms with E-state index in [-0.39, 0.29) is 12.4 Å². The molecule has 19 heavy (non-hydrogen) atoms. The average molecular weight is 320 g/mol. The fourth-order valence-electron chi connectivity index (χ4n) is 1.69. The zero-order valence-electron chi connectivity index (χ0n) is 10.2. The molecule has 0 amide bonds. The average Bonchev–Trinajstić information content (AvgIpc) is 2.40. The third kappa shape index (κ3) is 3.09. The highest BCUT2D eigenvalue weighted by atomic mass is 79.9. The molecule has 0 saturated carbocycles. The molecule has 2 aromatic rings. The predicted molar refractivity (Wildman–Crippen MR) is 75.1 cm³/mol. The van der Waals surface area contributed by atoms with Gasteiger partial charge in [-0.1, -0.05) is 15.9 Å². The second-order valence-corrected chi connectivity index (χ2v) is 4.97. The van der Waals surface area contributed by atoms with Crippen LogP contribution in [0.2, 0.25) is 0 Å². The number of nitrogens with zero attached hydrogens (tertiary/aromatic N) is 2. The van der Waals surface area contributed by atoms with Gasteiger partial charge >= 0.3 is 0 Å². The Morgan fingerprint density at radius 2 is 2.21 bits per heavy atom. The molecule has 1 N–H and O–H groups in total. The molecule has 96 valence electrons. The Balaban J connectivity index is 2.22. The highest BCUT2D eigenvalue weighted by Gasteiger charge is 2.08. The van der Waals surface area contributed by atoms with Gasteiger partial charge in [0.2, 0.25) is 0 Å². The van der Waals surface area contributed by atoms with E-state index >= 15 is 0 Å². The molecule has 3 nitrogen and oxygen atoms in total. The molecule has 0 unspecified atom stereocenters. The first kappa shape index (κ1) is 13.5. The number of aryl methyl sites for hydroxylation is 1. The molecule has 0 saturated heterocycles. The van der Waals surface area contributed by atoms with E-state index in [0.717, 1.165) is 10.0 Å². The first-order valence-corrected chi connectivity index (χ1v) is 6.44. The maximum Gasteiger partial charge on any atom is 0.144 e. The predicted octanol–water partition coefficient (Wildman–Crippen LogP) is 3.78. The number of hydrogen-bond acceptors (Lipinski definition) is 3. The monoisotopic (exact) mass is 319 g/mol. The van der Waals surface area contributed by atoms with Gasteiger partial charge in [0.25, 0.3) is 0 Å². The number of halogens is 2. The molecule has 0 radical (unpaired) electrons. The molecule has 0 atom stereocenters. The molecular formula is C14H11BrFN3. The van der Waals surface area contributed by atoms with E-state index in [4.69, 9.17) is 5.26 Å². The van der Waals surface area contributed by atoms with E-state index in [2.05, 4.69) is 32.3 Å². The lowest BCUT2D eigenvalue weighted by molar-refractivity contribution is 0.612. The van der Waals surface area contributed by atoms with Crippen LogP contribution in [0.5, 0.6) is 0 Å². The quantitative estimate of drug-likeness (QED) is 0.936. The van der Waals surface area contributed by atoms with Gasteiger partial charge in [-0.15, -0.1) is 0 Å². The van der Waals surface area contributed by atoms with Gasteiger partial charge in [-0.3, -0.25) is 0 Å². The second-order valence-electron chi connectivity index (χ2n) is 4.05. The van der Waals surface area contributed by atoms with Gasteiger partial charge < -0.3 is 5.32 Å². The van der Waals surface area contributed by atoms with Crippen LogP contribution in [0, 0.1) is 24.1 Å². The van der Waals surface area contributed by atoms with Crippen LogP contribution in [0.1, 0.15) is 16.7 Å². The number of rotatable bonds is 3. The van der Waals surface area contributed by atoms with Gasteiger partial charge in [-0.25, -0.2) is 9.37 Å². The molecule has 1 aromatic heterocycles. The molecule has 0 aliphatic rings. The van der Waals surface area contributed by atoms with Gasteiger partial charge in [-0.2, -0.15) is 5.26 Å². The maximum absolute atomic E-state index is 13.6. The van der Waals surface area contributed by atoms with Crippen molar-refractivity contribution in [1.29, 1.82) is 5.26 Å². The van der Waals surface area contributed by atoms with Crippen LogP contribution in [0.25, 0.3) is 0 Å². The van der Waals surface area contributed by atoms with Crippen LogP contribution in [-0.2, 0) is 6.54 Å². The SMILES string of the molecule is Cc1ccnc(NCc2cc(Br)ccc2F)c1C#N. The van der Waals surface area contributed by atoms with E-state index in [1.54, 1.807) is 24.4 Å². The topological polar surface area (TPSA) is 48.7 Å². The molecule has 0 spiro atoms. The van der Waals surface area contributed by atoms with Crippen LogP contribution in [-0.4, -0.2) is 4.98 Å². The lowest BCUT2D eigenvalue weighted by Crippen LogP contribution is -2.06. The third-order valence-electron chi connectivity index (χ3n) is 2.73. The van der Waals surface area contributed by atoms with Crippen molar-refractivity contribution in [3.8, 4) is 6.07 Å². The fraction of sp³-hybridized carbons (Fsp3) is 0.143. The highest BCUT2D eigenvalue weighted by molar-refractivity contribution is 9.10. The number of aromatic nitrogens is 1. The summed E-state index contributed by atoms with van der Waals surface area (Å²) in [5, 5.41) is 12.1. The summed E-state index contributed by atoms with van der Waals surface area (Å²) in [7, 11) is 0. The van der Waals surface area contributed by atoms with Crippen molar-refractivity contribution in [2.75, 3.05) is 5.32 Å². The van der Waals surface area contributed by atoms with E-state index in [1.165, 1.54) is 6.07 Å². The van der Waals surface area contributed by atoms with Crippen molar-refractivity contribution >= 4 is 21.7 Å². The van der Waals surface area contributed by atoms with Gasteiger partial charge in [0.1, 0.15) is 17.7 Å². The van der Waals surface area contributed by atoms with Crippen molar-refractivity contribution in [2.45, 2.75) is 13.5 Å². The van der Waals surface area contributed by atoms with Gasteiger partial charge in [0, 0.05) is 22.8 Å². The minimum Gasteiger partial charge on any atom is -0.365 e. The smallest absolute Gasteiger partial charge is 0.144 e. The number of pyridine rings is 1. The summed E-state index contributed by atoms with van der Waals surface area (Å²) in [4.78, 5) is 4.11. The normalized spacial score (nSPS) is 10.0. The summed E-state index contributed by atoms with van der Waals surface area (Å²) in [5.41, 5.74) is 1.84. The second kappa shape index (κ2) is 5.81. The maximum atomic E-state index is 13.6. The van der Waals surface area contributed by atoms with E-state index < -0.39 is 0 Å². The lowest BCUT2D eigenvalue weighted by Gasteiger charge is -2.09. The van der Waals surface area contributed by atoms with Crippen molar-refractivity contribution in [2.24, 2.45) is 0 Å². The molecule has 1 aromatic carbocycles.